The minimum Gasteiger partial charge on any atom is -0.497 e. The average Bonchev–Trinajstić information content (AvgIpc) is 3.23. The molecule has 1 fully saturated rings. The van der Waals surface area contributed by atoms with Crippen molar-refractivity contribution in [3.63, 3.8) is 0 Å². The molecule has 2 atom stereocenters. The van der Waals surface area contributed by atoms with Gasteiger partial charge in [0.15, 0.2) is 0 Å². The molecule has 0 radical (unpaired) electrons. The summed E-state index contributed by atoms with van der Waals surface area (Å²) in [6.45, 7) is 2.35. The number of aryl methyl sites for hydroxylation is 2. The first-order valence-electron chi connectivity index (χ1n) is 11.1. The quantitative estimate of drug-likeness (QED) is 0.808. The van der Waals surface area contributed by atoms with E-state index in [4.69, 9.17) is 9.47 Å². The summed E-state index contributed by atoms with van der Waals surface area (Å²) in [5, 5.41) is 21.5. The maximum Gasteiger partial charge on any atom is 0.129 e. The van der Waals surface area contributed by atoms with Gasteiger partial charge in [0, 0.05) is 37.7 Å². The number of nitrogens with zero attached hydrogens (tertiary/aromatic N) is 1. The molecule has 1 spiro atoms. The Kier molecular flexibility index (Phi) is 5.21. The molecule has 0 aromatic heterocycles. The van der Waals surface area contributed by atoms with Crippen LogP contribution in [-0.4, -0.2) is 47.5 Å². The molecule has 160 valence electrons. The Hall–Kier alpha value is -2.08. The topological polar surface area (TPSA) is 62.2 Å². The zero-order valence-corrected chi connectivity index (χ0v) is 17.6. The number of methoxy groups -OCH3 is 1. The van der Waals surface area contributed by atoms with Gasteiger partial charge < -0.3 is 24.6 Å². The first kappa shape index (κ1) is 19.9. The van der Waals surface area contributed by atoms with Crippen LogP contribution in [0.25, 0.3) is 0 Å². The Labute approximate surface area is 178 Å². The molecule has 2 N–H and O–H groups in total. The van der Waals surface area contributed by atoms with Crippen LogP contribution in [0.4, 0.5) is 0 Å². The standard InChI is InChI=1S/C25H31NO4/c1-29-20-7-8-21-22(27)15-25(30-24(21)14-20)9-11-26(12-10-25)16-23(28)19-6-5-17-3-2-4-18(17)13-19/h5-8,13-14,22-23,27-28H,2-4,9-12,15-16H2,1H3/t22-,23-/m1/s1. The third-order valence-electron chi connectivity index (χ3n) is 7.18. The van der Waals surface area contributed by atoms with Crippen LogP contribution in [0.3, 0.4) is 0 Å². The zero-order valence-electron chi connectivity index (χ0n) is 17.6. The smallest absolute Gasteiger partial charge is 0.129 e. The van der Waals surface area contributed by atoms with Crippen molar-refractivity contribution in [2.45, 2.75) is 56.3 Å². The zero-order chi connectivity index (χ0) is 20.7. The van der Waals surface area contributed by atoms with Gasteiger partial charge in [-0.15, -0.1) is 0 Å². The highest BCUT2D eigenvalue weighted by atomic mass is 16.5. The van der Waals surface area contributed by atoms with Gasteiger partial charge in [0.2, 0.25) is 0 Å². The third-order valence-corrected chi connectivity index (χ3v) is 7.18. The average molecular weight is 410 g/mol. The third kappa shape index (κ3) is 3.70. The van der Waals surface area contributed by atoms with Crippen molar-refractivity contribution in [1.29, 1.82) is 0 Å². The number of aliphatic hydroxyl groups excluding tert-OH is 2. The molecule has 1 aliphatic carbocycles. The monoisotopic (exact) mass is 409 g/mol. The maximum atomic E-state index is 10.8. The fourth-order valence-corrected chi connectivity index (χ4v) is 5.34. The lowest BCUT2D eigenvalue weighted by molar-refractivity contribution is -0.0588. The number of fused-ring (bicyclic) bond motifs is 2. The van der Waals surface area contributed by atoms with Crippen molar-refractivity contribution < 1.29 is 19.7 Å². The lowest BCUT2D eigenvalue weighted by Gasteiger charge is -2.46. The number of piperidine rings is 1. The van der Waals surface area contributed by atoms with Crippen molar-refractivity contribution >= 4 is 0 Å². The second-order valence-corrected chi connectivity index (χ2v) is 9.11. The first-order chi connectivity index (χ1) is 14.5. The van der Waals surface area contributed by atoms with E-state index in [0.29, 0.717) is 13.0 Å². The van der Waals surface area contributed by atoms with Crippen LogP contribution in [0.5, 0.6) is 11.5 Å². The Bertz CT molecular complexity index is 919. The number of ether oxygens (including phenoxy) is 2. The lowest BCUT2D eigenvalue weighted by Crippen LogP contribution is -2.51. The Morgan fingerprint density at radius 1 is 1.13 bits per heavy atom. The summed E-state index contributed by atoms with van der Waals surface area (Å²) in [4.78, 5) is 2.32. The van der Waals surface area contributed by atoms with Crippen LogP contribution in [0.1, 0.15) is 60.1 Å². The van der Waals surface area contributed by atoms with Crippen molar-refractivity contribution in [3.8, 4) is 11.5 Å². The molecule has 5 nitrogen and oxygen atoms in total. The number of likely N-dealkylation sites (tertiary alicyclic amines) is 1. The van der Waals surface area contributed by atoms with Crippen LogP contribution < -0.4 is 9.47 Å². The van der Waals surface area contributed by atoms with E-state index in [1.54, 1.807) is 7.11 Å². The van der Waals surface area contributed by atoms with E-state index in [2.05, 4.69) is 23.1 Å². The molecule has 0 saturated carbocycles. The van der Waals surface area contributed by atoms with Gasteiger partial charge in [0.05, 0.1) is 19.3 Å². The van der Waals surface area contributed by atoms with Gasteiger partial charge in [-0.3, -0.25) is 0 Å². The Morgan fingerprint density at radius 2 is 1.93 bits per heavy atom. The predicted molar refractivity (Wildman–Crippen MR) is 115 cm³/mol. The van der Waals surface area contributed by atoms with Crippen molar-refractivity contribution in [1.82, 2.24) is 4.90 Å². The van der Waals surface area contributed by atoms with Crippen LogP contribution >= 0.6 is 0 Å². The van der Waals surface area contributed by atoms with E-state index >= 15 is 0 Å². The number of β-amino-alcohol motifs (C(OH)–C–C–N with tert-alkyl or cyclic N) is 1. The highest BCUT2D eigenvalue weighted by Crippen LogP contribution is 2.45. The summed E-state index contributed by atoms with van der Waals surface area (Å²) < 4.78 is 11.8. The van der Waals surface area contributed by atoms with E-state index < -0.39 is 12.2 Å². The van der Waals surface area contributed by atoms with E-state index in [-0.39, 0.29) is 5.60 Å². The lowest BCUT2D eigenvalue weighted by atomic mass is 9.81. The minimum atomic E-state index is -0.511. The summed E-state index contributed by atoms with van der Waals surface area (Å²) in [7, 11) is 1.64. The molecular formula is C25H31NO4. The van der Waals surface area contributed by atoms with E-state index in [9.17, 15) is 10.2 Å². The van der Waals surface area contributed by atoms with E-state index in [0.717, 1.165) is 55.0 Å². The minimum absolute atomic E-state index is 0.339. The van der Waals surface area contributed by atoms with Crippen LogP contribution in [0.2, 0.25) is 0 Å². The summed E-state index contributed by atoms with van der Waals surface area (Å²) in [5.74, 6) is 1.48. The fraction of sp³-hybridized carbons (Fsp3) is 0.520. The van der Waals surface area contributed by atoms with Crippen molar-refractivity contribution in [3.05, 3.63) is 58.7 Å². The summed E-state index contributed by atoms with van der Waals surface area (Å²) in [6.07, 6.45) is 4.86. The molecular weight excluding hydrogens is 378 g/mol. The van der Waals surface area contributed by atoms with Gasteiger partial charge >= 0.3 is 0 Å². The van der Waals surface area contributed by atoms with Crippen molar-refractivity contribution in [2.24, 2.45) is 0 Å². The maximum absolute atomic E-state index is 10.8. The fourth-order valence-electron chi connectivity index (χ4n) is 5.34. The second kappa shape index (κ2) is 7.88. The molecule has 5 heteroatoms. The second-order valence-electron chi connectivity index (χ2n) is 9.11. The highest BCUT2D eigenvalue weighted by molar-refractivity contribution is 5.44. The van der Waals surface area contributed by atoms with Gasteiger partial charge in [-0.25, -0.2) is 0 Å². The van der Waals surface area contributed by atoms with Gasteiger partial charge in [0.1, 0.15) is 17.1 Å². The molecule has 2 heterocycles. The number of benzene rings is 2. The molecule has 2 aromatic rings. The molecule has 5 rings (SSSR count). The van der Waals surface area contributed by atoms with Gasteiger partial charge in [-0.1, -0.05) is 18.2 Å². The van der Waals surface area contributed by atoms with Gasteiger partial charge in [-0.2, -0.15) is 0 Å². The normalized spacial score (nSPS) is 23.5. The van der Waals surface area contributed by atoms with Crippen molar-refractivity contribution in [2.75, 3.05) is 26.7 Å². The molecule has 1 saturated heterocycles. The Balaban J connectivity index is 1.23. The summed E-state index contributed by atoms with van der Waals surface area (Å²) in [5.41, 5.74) is 4.38. The van der Waals surface area contributed by atoms with Crippen LogP contribution in [0, 0.1) is 0 Å². The first-order valence-corrected chi connectivity index (χ1v) is 11.1. The summed E-state index contributed by atoms with van der Waals surface area (Å²) in [6, 6.07) is 12.1. The SMILES string of the molecule is COc1ccc2c(c1)OC1(CCN(C[C@@H](O)c3ccc4c(c3)CCC4)CC1)C[C@H]2O. The van der Waals surface area contributed by atoms with Crippen LogP contribution in [0.15, 0.2) is 36.4 Å². The number of hydrogen-bond donors (Lipinski definition) is 2. The molecule has 2 aliphatic heterocycles. The Morgan fingerprint density at radius 3 is 2.73 bits per heavy atom. The molecule has 0 unspecified atom stereocenters. The highest BCUT2D eigenvalue weighted by Gasteiger charge is 2.43. The molecule has 0 amide bonds. The number of rotatable bonds is 4. The molecule has 30 heavy (non-hydrogen) atoms. The number of aliphatic hydroxyl groups is 2. The van der Waals surface area contributed by atoms with Crippen LogP contribution in [-0.2, 0) is 12.8 Å². The predicted octanol–water partition coefficient (Wildman–Crippen LogP) is 3.57. The van der Waals surface area contributed by atoms with E-state index in [1.807, 2.05) is 18.2 Å². The largest absolute Gasteiger partial charge is 0.497 e. The van der Waals surface area contributed by atoms with Gasteiger partial charge in [-0.05, 0) is 60.9 Å². The van der Waals surface area contributed by atoms with Gasteiger partial charge in [0.25, 0.3) is 0 Å². The molecule has 2 aromatic carbocycles. The molecule has 0 bridgehead atoms. The summed E-state index contributed by atoms with van der Waals surface area (Å²) >= 11 is 0. The number of hydrogen-bond acceptors (Lipinski definition) is 5. The molecule has 3 aliphatic rings. The van der Waals surface area contributed by atoms with E-state index in [1.165, 1.54) is 24.0 Å².